The smallest absolute Gasteiger partial charge is 1.00 e. The number of carbonyl (C=O) groups is 2. The predicted molar refractivity (Wildman–Crippen MR) is 61.6 cm³/mol. The average Bonchev–Trinajstić information content (AvgIpc) is 2.82. The number of ether oxygens (including phenoxy) is 1. The van der Waals surface area contributed by atoms with E-state index in [-0.39, 0.29) is 69.1 Å². The monoisotopic (exact) mass is 289 g/mol. The van der Waals surface area contributed by atoms with Gasteiger partial charge in [0, 0.05) is 11.6 Å². The van der Waals surface area contributed by atoms with Crippen LogP contribution in [0.2, 0.25) is 0 Å². The van der Waals surface area contributed by atoms with Crippen molar-refractivity contribution in [3.63, 3.8) is 0 Å². The van der Waals surface area contributed by atoms with Crippen molar-refractivity contribution < 1.29 is 72.2 Å². The van der Waals surface area contributed by atoms with Gasteiger partial charge in [0.1, 0.15) is 0 Å². The van der Waals surface area contributed by atoms with Crippen LogP contribution in [-0.4, -0.2) is 22.0 Å². The fraction of sp³-hybridized carbons (Fsp3) is 0. The Hall–Kier alpha value is -0.574. The van der Waals surface area contributed by atoms with Crippen LogP contribution in [0.5, 0.6) is 5.19 Å². The number of esters is 1. The molecule has 0 fully saturated rings. The van der Waals surface area contributed by atoms with Crippen LogP contribution < -0.4 is 56.1 Å². The molecule has 2 aromatic rings. The van der Waals surface area contributed by atoms with Crippen LogP contribution in [0, 0.1) is 0 Å². The second-order valence-electron chi connectivity index (χ2n) is 3.07. The molecular weight excluding hydrogens is 281 g/mol. The maximum Gasteiger partial charge on any atom is 1.00 e. The largest absolute Gasteiger partial charge is 1.00 e. The molecule has 1 heterocycles. The van der Waals surface area contributed by atoms with Gasteiger partial charge in [0.15, 0.2) is 0 Å². The van der Waals surface area contributed by atoms with Crippen molar-refractivity contribution in [1.29, 1.82) is 0 Å². The molecule has 1 aromatic heterocycles. The third kappa shape index (κ3) is 3.97. The molecule has 0 saturated carbocycles. The number of carboxylic acids is 1. The van der Waals surface area contributed by atoms with E-state index in [9.17, 15) is 9.59 Å². The molecule has 0 aliphatic carbocycles. The number of benzene rings is 1. The molecule has 88 valence electrons. The average molecular weight is 289 g/mol. The zero-order valence-corrected chi connectivity index (χ0v) is 13.4. The third-order valence-electron chi connectivity index (χ3n) is 1.93. The van der Waals surface area contributed by atoms with Crippen LogP contribution in [-0.2, 0) is 0 Å². The van der Waals surface area contributed by atoms with Gasteiger partial charge in [0.2, 0.25) is 0 Å². The molecule has 0 unspecified atom stereocenters. The first-order chi connectivity index (χ1) is 8.16. The van der Waals surface area contributed by atoms with Crippen molar-refractivity contribution in [1.82, 2.24) is 4.98 Å². The first kappa shape index (κ1) is 15.5. The van der Waals surface area contributed by atoms with Gasteiger partial charge in [-0.1, -0.05) is 17.4 Å². The van der Waals surface area contributed by atoms with Crippen molar-refractivity contribution in [2.75, 3.05) is 0 Å². The number of aromatic carboxylic acids is 1. The number of aromatic nitrogens is 1. The molecule has 18 heavy (non-hydrogen) atoms. The minimum atomic E-state index is -1.09. The quantitative estimate of drug-likeness (QED) is 0.590. The molecule has 5 nitrogen and oxygen atoms in total. The van der Waals surface area contributed by atoms with E-state index in [4.69, 9.17) is 9.84 Å². The maximum atomic E-state index is 11.6. The Balaban J connectivity index is 0.00000162. The predicted octanol–water partition coefficient (Wildman–Crippen LogP) is -0.823. The van der Waals surface area contributed by atoms with Crippen molar-refractivity contribution in [3.8, 4) is 5.19 Å². The van der Waals surface area contributed by atoms with Crippen molar-refractivity contribution in [2.24, 2.45) is 0 Å². The number of nitrogens with zero attached hydrogens (tertiary/aromatic N) is 1. The van der Waals surface area contributed by atoms with E-state index in [0.717, 1.165) is 0 Å². The van der Waals surface area contributed by atoms with Gasteiger partial charge in [-0.3, -0.25) is 0 Å². The topological polar surface area (TPSA) is 76.5 Å². The van der Waals surface area contributed by atoms with Crippen molar-refractivity contribution >= 4 is 23.3 Å². The van der Waals surface area contributed by atoms with Gasteiger partial charge in [-0.05, 0) is 18.2 Å². The van der Waals surface area contributed by atoms with Crippen molar-refractivity contribution in [3.05, 3.63) is 47.0 Å². The Morgan fingerprint density at radius 1 is 1.33 bits per heavy atom. The third-order valence-corrected chi connectivity index (χ3v) is 2.58. The number of carboxylic acid groups (broad SMARTS) is 1. The minimum Gasteiger partial charge on any atom is -1.00 e. The van der Waals surface area contributed by atoms with Crippen LogP contribution in [0.4, 0.5) is 0 Å². The molecule has 0 amide bonds. The summed E-state index contributed by atoms with van der Waals surface area (Å²) in [6.07, 6.45) is 1.51. The first-order valence-corrected chi connectivity index (χ1v) is 5.50. The van der Waals surface area contributed by atoms with E-state index < -0.39 is 11.9 Å². The molecule has 1 aromatic carbocycles. The SMILES string of the molecule is O=C(O)c1cccc(C(=O)Oc2nccs2)c1.[H-].[K+]. The van der Waals surface area contributed by atoms with Gasteiger partial charge in [0.05, 0.1) is 11.1 Å². The number of hydrogen-bond acceptors (Lipinski definition) is 5. The van der Waals surface area contributed by atoms with E-state index in [1.165, 1.54) is 41.8 Å². The summed E-state index contributed by atoms with van der Waals surface area (Å²) in [5.74, 6) is -1.71. The van der Waals surface area contributed by atoms with E-state index in [0.29, 0.717) is 0 Å². The van der Waals surface area contributed by atoms with Crippen LogP contribution in [0.3, 0.4) is 0 Å². The summed E-state index contributed by atoms with van der Waals surface area (Å²) >= 11 is 1.19. The fourth-order valence-electron chi connectivity index (χ4n) is 1.18. The molecule has 7 heteroatoms. The molecule has 0 aliphatic heterocycles. The first-order valence-electron chi connectivity index (χ1n) is 4.62. The summed E-state index contributed by atoms with van der Waals surface area (Å²) in [5.41, 5.74) is 0.221. The number of hydrogen-bond donors (Lipinski definition) is 1. The summed E-state index contributed by atoms with van der Waals surface area (Å²) < 4.78 is 4.95. The van der Waals surface area contributed by atoms with Crippen LogP contribution in [0.1, 0.15) is 22.1 Å². The van der Waals surface area contributed by atoms with Gasteiger partial charge >= 0.3 is 63.3 Å². The van der Waals surface area contributed by atoms with Crippen LogP contribution in [0.15, 0.2) is 35.8 Å². The van der Waals surface area contributed by atoms with Crippen molar-refractivity contribution in [2.45, 2.75) is 0 Å². The van der Waals surface area contributed by atoms with Gasteiger partial charge in [-0.25, -0.2) is 14.6 Å². The molecule has 0 atom stereocenters. The molecule has 1 N–H and O–H groups in total. The summed E-state index contributed by atoms with van der Waals surface area (Å²) in [7, 11) is 0. The summed E-state index contributed by atoms with van der Waals surface area (Å²) in [4.78, 5) is 26.2. The van der Waals surface area contributed by atoms with E-state index in [1.807, 2.05) is 0 Å². The zero-order valence-electron chi connectivity index (χ0n) is 10.5. The molecule has 0 aliphatic rings. The van der Waals surface area contributed by atoms with Gasteiger partial charge in [0.25, 0.3) is 5.19 Å². The Morgan fingerprint density at radius 3 is 2.67 bits per heavy atom. The van der Waals surface area contributed by atoms with Gasteiger partial charge in [-0.2, -0.15) is 0 Å². The number of thiazole rings is 1. The fourth-order valence-corrected chi connectivity index (χ4v) is 1.66. The Kier molecular flexibility index (Phi) is 6.13. The van der Waals surface area contributed by atoms with Crippen LogP contribution in [0.25, 0.3) is 0 Å². The molecular formula is C11H8KNO4S. The number of carbonyl (C=O) groups excluding carboxylic acids is 1. The maximum absolute atomic E-state index is 11.6. The Labute approximate surface area is 151 Å². The standard InChI is InChI=1S/C11H7NO4S.K.H/c13-9(14)7-2-1-3-8(6-7)10(15)16-11-12-4-5-17-11;;/h1-6H,(H,13,14);;/q;+1;-1. The Morgan fingerprint density at radius 2 is 2.06 bits per heavy atom. The summed E-state index contributed by atoms with van der Waals surface area (Å²) in [6, 6.07) is 5.64. The van der Waals surface area contributed by atoms with E-state index >= 15 is 0 Å². The summed E-state index contributed by atoms with van der Waals surface area (Å²) in [6.45, 7) is 0. The van der Waals surface area contributed by atoms with Crippen LogP contribution >= 0.6 is 11.3 Å². The minimum absolute atomic E-state index is 0. The molecule has 2 rings (SSSR count). The van der Waals surface area contributed by atoms with Gasteiger partial charge in [-0.15, -0.1) is 0 Å². The van der Waals surface area contributed by atoms with Gasteiger partial charge < -0.3 is 11.3 Å². The normalized spacial score (nSPS) is 9.33. The van der Waals surface area contributed by atoms with E-state index in [1.54, 1.807) is 5.38 Å². The second kappa shape index (κ2) is 7.12. The van der Waals surface area contributed by atoms with E-state index in [2.05, 4.69) is 4.98 Å². The molecule has 0 spiro atoms. The number of rotatable bonds is 3. The Bertz CT molecular complexity index is 562. The molecule has 0 saturated heterocycles. The zero-order chi connectivity index (χ0) is 12.3. The molecule has 0 bridgehead atoms. The molecule has 0 radical (unpaired) electrons. The summed E-state index contributed by atoms with van der Waals surface area (Å²) in [5, 5.41) is 10.7. The second-order valence-corrected chi connectivity index (χ2v) is 3.93.